The van der Waals surface area contributed by atoms with Crippen LogP contribution in [-0.2, 0) is 13.0 Å². The van der Waals surface area contributed by atoms with Gasteiger partial charge in [0.1, 0.15) is 11.6 Å². The topological polar surface area (TPSA) is 67.0 Å². The number of carbonyl (C=O) groups is 1. The molecule has 0 saturated carbocycles. The van der Waals surface area contributed by atoms with Crippen LogP contribution >= 0.6 is 0 Å². The highest BCUT2D eigenvalue weighted by Gasteiger charge is 2.15. The number of amides is 1. The van der Waals surface area contributed by atoms with Gasteiger partial charge in [-0.25, -0.2) is 13.2 Å². The van der Waals surface area contributed by atoms with Crippen molar-refractivity contribution in [2.45, 2.75) is 19.4 Å². The van der Waals surface area contributed by atoms with Crippen LogP contribution in [0.25, 0.3) is 11.3 Å². The number of hydrogen-bond acceptors (Lipinski definition) is 3. The first-order valence-corrected chi connectivity index (χ1v) is 8.50. The molecule has 1 heterocycles. The first-order valence-electron chi connectivity index (χ1n) is 8.50. The monoisotopic (exact) mass is 389 g/mol. The molecule has 0 aliphatic carbocycles. The van der Waals surface area contributed by atoms with E-state index < -0.39 is 24.6 Å². The fourth-order valence-corrected chi connectivity index (χ4v) is 2.83. The highest BCUT2D eigenvalue weighted by molar-refractivity contribution is 5.95. The summed E-state index contributed by atoms with van der Waals surface area (Å²) in [6.07, 6.45) is -3.03. The second kappa shape index (κ2) is 8.60. The van der Waals surface area contributed by atoms with Crippen molar-refractivity contribution < 1.29 is 22.7 Å². The number of carbonyl (C=O) groups excluding carboxylic acids is 1. The molecular weight excluding hydrogens is 371 g/mol. The number of rotatable bonds is 7. The predicted molar refractivity (Wildman–Crippen MR) is 97.9 cm³/mol. The molecule has 0 aliphatic heterocycles. The summed E-state index contributed by atoms with van der Waals surface area (Å²) in [5.41, 5.74) is 2.00. The van der Waals surface area contributed by atoms with Gasteiger partial charge in [-0.1, -0.05) is 18.2 Å². The highest BCUT2D eigenvalue weighted by atomic mass is 19.3. The van der Waals surface area contributed by atoms with Crippen LogP contribution in [0.2, 0.25) is 0 Å². The molecule has 0 radical (unpaired) electrons. The van der Waals surface area contributed by atoms with Crippen LogP contribution in [0.4, 0.5) is 13.2 Å². The van der Waals surface area contributed by atoms with Gasteiger partial charge in [-0.2, -0.15) is 5.10 Å². The summed E-state index contributed by atoms with van der Waals surface area (Å²) in [6.45, 7) is 0.0793. The molecule has 1 aromatic heterocycles. The standard InChI is InChI=1S/C20H18F3N3O2/c1-28-18-7-6-13(21)9-16(18)17-10-14(25-26-17)11-24-20(27)15-5-3-2-4-12(15)8-19(22)23/h2-7,9-10,19H,8,11H2,1H3,(H,24,27)(H,25,26). The normalized spacial score (nSPS) is 10.9. The van der Waals surface area contributed by atoms with E-state index in [2.05, 4.69) is 15.5 Å². The Morgan fingerprint density at radius 1 is 1.21 bits per heavy atom. The Balaban J connectivity index is 1.72. The quantitative estimate of drug-likeness (QED) is 0.643. The molecule has 0 atom stereocenters. The summed E-state index contributed by atoms with van der Waals surface area (Å²) < 4.78 is 44.1. The third-order valence-electron chi connectivity index (χ3n) is 4.15. The number of hydrogen-bond donors (Lipinski definition) is 2. The zero-order valence-electron chi connectivity index (χ0n) is 15.0. The number of alkyl halides is 2. The molecule has 1 amide bonds. The van der Waals surface area contributed by atoms with Crippen LogP contribution in [0.5, 0.6) is 5.75 Å². The average molecular weight is 389 g/mol. The second-order valence-corrected chi connectivity index (χ2v) is 6.05. The van der Waals surface area contributed by atoms with Gasteiger partial charge in [-0.15, -0.1) is 0 Å². The number of H-pyrrole nitrogens is 1. The van der Waals surface area contributed by atoms with Crippen LogP contribution in [0.1, 0.15) is 21.6 Å². The SMILES string of the molecule is COc1ccc(F)cc1-c1cc(CNC(=O)c2ccccc2CC(F)F)n[nH]1. The average Bonchev–Trinajstić information content (AvgIpc) is 3.15. The van der Waals surface area contributed by atoms with Crippen LogP contribution in [0.3, 0.4) is 0 Å². The van der Waals surface area contributed by atoms with Crippen molar-refractivity contribution in [2.24, 2.45) is 0 Å². The smallest absolute Gasteiger partial charge is 0.251 e. The lowest BCUT2D eigenvalue weighted by Gasteiger charge is -2.09. The Morgan fingerprint density at radius 3 is 2.75 bits per heavy atom. The first-order chi connectivity index (χ1) is 13.5. The van der Waals surface area contributed by atoms with E-state index in [1.807, 2.05) is 0 Å². The largest absolute Gasteiger partial charge is 0.496 e. The number of aromatic amines is 1. The number of benzene rings is 2. The summed E-state index contributed by atoms with van der Waals surface area (Å²) in [5.74, 6) is -0.415. The van der Waals surface area contributed by atoms with E-state index >= 15 is 0 Å². The van der Waals surface area contributed by atoms with Gasteiger partial charge >= 0.3 is 0 Å². The summed E-state index contributed by atoms with van der Waals surface area (Å²) in [4.78, 5) is 12.4. The minimum absolute atomic E-state index is 0.0793. The van der Waals surface area contributed by atoms with Crippen LogP contribution in [0.15, 0.2) is 48.5 Å². The zero-order chi connectivity index (χ0) is 20.1. The van der Waals surface area contributed by atoms with E-state index in [0.29, 0.717) is 22.7 Å². The molecule has 0 aliphatic rings. The van der Waals surface area contributed by atoms with Gasteiger partial charge in [0.2, 0.25) is 6.43 Å². The summed E-state index contributed by atoms with van der Waals surface area (Å²) in [7, 11) is 1.48. The van der Waals surface area contributed by atoms with E-state index in [1.165, 1.54) is 37.4 Å². The molecule has 28 heavy (non-hydrogen) atoms. The lowest BCUT2D eigenvalue weighted by Crippen LogP contribution is -2.24. The molecule has 8 heteroatoms. The fourth-order valence-electron chi connectivity index (χ4n) is 2.83. The molecule has 0 fully saturated rings. The zero-order valence-corrected chi connectivity index (χ0v) is 15.0. The maximum absolute atomic E-state index is 13.5. The maximum Gasteiger partial charge on any atom is 0.251 e. The molecule has 2 aromatic carbocycles. The third kappa shape index (κ3) is 4.51. The number of nitrogens with zero attached hydrogens (tertiary/aromatic N) is 1. The number of methoxy groups -OCH3 is 1. The minimum atomic E-state index is -2.54. The molecule has 146 valence electrons. The number of aromatic nitrogens is 2. The van der Waals surface area contributed by atoms with Gasteiger partial charge in [-0.3, -0.25) is 9.89 Å². The van der Waals surface area contributed by atoms with Crippen molar-refractivity contribution in [2.75, 3.05) is 7.11 Å². The molecule has 3 aromatic rings. The molecular formula is C20H18F3N3O2. The molecule has 0 bridgehead atoms. The van der Waals surface area contributed by atoms with Gasteiger partial charge in [0.05, 0.1) is 25.0 Å². The van der Waals surface area contributed by atoms with Crippen molar-refractivity contribution in [3.63, 3.8) is 0 Å². The van der Waals surface area contributed by atoms with E-state index in [-0.39, 0.29) is 17.7 Å². The Labute approximate surface area is 159 Å². The number of nitrogens with one attached hydrogen (secondary N) is 2. The predicted octanol–water partition coefficient (Wildman–Crippen LogP) is 3.96. The van der Waals surface area contributed by atoms with Crippen molar-refractivity contribution in [1.29, 1.82) is 0 Å². The van der Waals surface area contributed by atoms with Crippen molar-refractivity contribution in [3.8, 4) is 17.0 Å². The Bertz CT molecular complexity index is 973. The maximum atomic E-state index is 13.5. The molecule has 0 unspecified atom stereocenters. The molecule has 0 spiro atoms. The van der Waals surface area contributed by atoms with E-state index in [4.69, 9.17) is 4.74 Å². The summed E-state index contributed by atoms with van der Waals surface area (Å²) in [6, 6.07) is 12.0. The molecule has 0 saturated heterocycles. The van der Waals surface area contributed by atoms with Crippen molar-refractivity contribution in [1.82, 2.24) is 15.5 Å². The molecule has 5 nitrogen and oxygen atoms in total. The Hall–Kier alpha value is -3.29. The van der Waals surface area contributed by atoms with E-state index in [9.17, 15) is 18.0 Å². The molecule has 3 rings (SSSR count). The number of halogens is 3. The summed E-state index contributed by atoms with van der Waals surface area (Å²) in [5, 5.41) is 9.54. The van der Waals surface area contributed by atoms with Gasteiger partial charge < -0.3 is 10.1 Å². The van der Waals surface area contributed by atoms with Gasteiger partial charge in [0.15, 0.2) is 0 Å². The highest BCUT2D eigenvalue weighted by Crippen LogP contribution is 2.29. The van der Waals surface area contributed by atoms with Crippen LogP contribution in [-0.4, -0.2) is 29.6 Å². The third-order valence-corrected chi connectivity index (χ3v) is 4.15. The van der Waals surface area contributed by atoms with E-state index in [1.54, 1.807) is 18.2 Å². The lowest BCUT2D eigenvalue weighted by atomic mass is 10.0. The van der Waals surface area contributed by atoms with Gasteiger partial charge in [0, 0.05) is 17.5 Å². The molecule has 2 N–H and O–H groups in total. The first kappa shape index (κ1) is 19.5. The Morgan fingerprint density at radius 2 is 2.00 bits per heavy atom. The second-order valence-electron chi connectivity index (χ2n) is 6.05. The Kier molecular flexibility index (Phi) is 5.98. The van der Waals surface area contributed by atoms with Crippen molar-refractivity contribution in [3.05, 3.63) is 71.2 Å². The fraction of sp³-hybridized carbons (Fsp3) is 0.200. The van der Waals surface area contributed by atoms with E-state index in [0.717, 1.165) is 0 Å². The van der Waals surface area contributed by atoms with Crippen LogP contribution < -0.4 is 10.1 Å². The number of ether oxygens (including phenoxy) is 1. The summed E-state index contributed by atoms with van der Waals surface area (Å²) >= 11 is 0. The van der Waals surface area contributed by atoms with Crippen molar-refractivity contribution >= 4 is 5.91 Å². The van der Waals surface area contributed by atoms with Crippen LogP contribution in [0, 0.1) is 5.82 Å². The van der Waals surface area contributed by atoms with Gasteiger partial charge in [-0.05, 0) is 35.9 Å². The minimum Gasteiger partial charge on any atom is -0.496 e. The lowest BCUT2D eigenvalue weighted by molar-refractivity contribution is 0.0948. The van der Waals surface area contributed by atoms with Gasteiger partial charge in [0.25, 0.3) is 5.91 Å².